The van der Waals surface area contributed by atoms with Crippen LogP contribution in [0.2, 0.25) is 0 Å². The van der Waals surface area contributed by atoms with Crippen LogP contribution in [0.3, 0.4) is 0 Å². The minimum Gasteiger partial charge on any atom is -0.338 e. The number of amides is 2. The maximum Gasteiger partial charge on any atom is 0.258 e. The van der Waals surface area contributed by atoms with E-state index in [9.17, 15) is 9.59 Å². The summed E-state index contributed by atoms with van der Waals surface area (Å²) in [6.45, 7) is 4.55. The maximum atomic E-state index is 12.9. The summed E-state index contributed by atoms with van der Waals surface area (Å²) in [7, 11) is 0. The first-order chi connectivity index (χ1) is 12.6. The van der Waals surface area contributed by atoms with Crippen molar-refractivity contribution >= 4 is 17.5 Å². The van der Waals surface area contributed by atoms with Gasteiger partial charge in [0.2, 0.25) is 0 Å². The van der Waals surface area contributed by atoms with Crippen molar-refractivity contribution in [3.8, 4) is 0 Å². The summed E-state index contributed by atoms with van der Waals surface area (Å²) in [6.07, 6.45) is 3.15. The van der Waals surface area contributed by atoms with Crippen LogP contribution in [-0.4, -0.2) is 36.3 Å². The van der Waals surface area contributed by atoms with Gasteiger partial charge in [-0.1, -0.05) is 25.1 Å². The number of para-hydroxylation sites is 1. The number of likely N-dealkylation sites (tertiary alicyclic amines) is 1. The summed E-state index contributed by atoms with van der Waals surface area (Å²) in [5.41, 5.74) is 3.51. The third kappa shape index (κ3) is 3.12. The molecule has 0 aromatic heterocycles. The average molecular weight is 348 g/mol. The van der Waals surface area contributed by atoms with Crippen LogP contribution in [0.5, 0.6) is 0 Å². The zero-order chi connectivity index (χ0) is 18.1. The fourth-order valence-corrected chi connectivity index (χ4v) is 4.02. The SMILES string of the molecule is CC1CCCN(C(=O)c2ccc(C(=O)N3CCc4ccccc43)cc2)C1. The van der Waals surface area contributed by atoms with E-state index in [-0.39, 0.29) is 11.8 Å². The van der Waals surface area contributed by atoms with Crippen LogP contribution in [-0.2, 0) is 6.42 Å². The number of anilines is 1. The van der Waals surface area contributed by atoms with Crippen molar-refractivity contribution in [2.24, 2.45) is 5.92 Å². The molecule has 0 radical (unpaired) electrons. The number of nitrogens with zero attached hydrogens (tertiary/aromatic N) is 2. The molecule has 134 valence electrons. The summed E-state index contributed by atoms with van der Waals surface area (Å²) in [5, 5.41) is 0. The molecule has 1 fully saturated rings. The third-order valence-corrected chi connectivity index (χ3v) is 5.46. The van der Waals surface area contributed by atoms with E-state index < -0.39 is 0 Å². The number of hydrogen-bond donors (Lipinski definition) is 0. The molecule has 4 rings (SSSR count). The third-order valence-electron chi connectivity index (χ3n) is 5.46. The van der Waals surface area contributed by atoms with E-state index in [4.69, 9.17) is 0 Å². The Labute approximate surface area is 154 Å². The van der Waals surface area contributed by atoms with Crippen molar-refractivity contribution in [2.75, 3.05) is 24.5 Å². The Balaban J connectivity index is 1.49. The Bertz CT molecular complexity index is 828. The van der Waals surface area contributed by atoms with Crippen molar-refractivity contribution in [3.63, 3.8) is 0 Å². The lowest BCUT2D eigenvalue weighted by atomic mass is 9.99. The minimum atomic E-state index is 0.000503. The highest BCUT2D eigenvalue weighted by Crippen LogP contribution is 2.29. The van der Waals surface area contributed by atoms with Gasteiger partial charge in [0.05, 0.1) is 0 Å². The smallest absolute Gasteiger partial charge is 0.258 e. The highest BCUT2D eigenvalue weighted by atomic mass is 16.2. The molecule has 2 amide bonds. The molecule has 0 spiro atoms. The summed E-state index contributed by atoms with van der Waals surface area (Å²) >= 11 is 0. The minimum absolute atomic E-state index is 0.000503. The summed E-state index contributed by atoms with van der Waals surface area (Å²) < 4.78 is 0. The van der Waals surface area contributed by atoms with E-state index in [1.54, 1.807) is 24.3 Å². The van der Waals surface area contributed by atoms with Crippen molar-refractivity contribution in [1.29, 1.82) is 0 Å². The Morgan fingerprint density at radius 1 is 0.923 bits per heavy atom. The van der Waals surface area contributed by atoms with Gasteiger partial charge in [0.1, 0.15) is 0 Å². The molecule has 0 aliphatic carbocycles. The second-order valence-electron chi connectivity index (χ2n) is 7.41. The molecular formula is C22H24N2O2. The largest absolute Gasteiger partial charge is 0.338 e. The van der Waals surface area contributed by atoms with Gasteiger partial charge in [-0.05, 0) is 61.1 Å². The van der Waals surface area contributed by atoms with Gasteiger partial charge in [0, 0.05) is 36.4 Å². The first kappa shape index (κ1) is 16.8. The van der Waals surface area contributed by atoms with E-state index in [1.165, 1.54) is 12.0 Å². The molecule has 2 aromatic carbocycles. The lowest BCUT2D eigenvalue weighted by Crippen LogP contribution is -2.39. The van der Waals surface area contributed by atoms with E-state index in [0.29, 0.717) is 23.6 Å². The zero-order valence-electron chi connectivity index (χ0n) is 15.1. The number of hydrogen-bond acceptors (Lipinski definition) is 2. The maximum absolute atomic E-state index is 12.9. The highest BCUT2D eigenvalue weighted by Gasteiger charge is 2.26. The Kier molecular flexibility index (Phi) is 4.49. The summed E-state index contributed by atoms with van der Waals surface area (Å²) in [6, 6.07) is 15.2. The van der Waals surface area contributed by atoms with Gasteiger partial charge in [-0.2, -0.15) is 0 Å². The van der Waals surface area contributed by atoms with Crippen LogP contribution in [0.4, 0.5) is 5.69 Å². The quantitative estimate of drug-likeness (QED) is 0.829. The fraction of sp³-hybridized carbons (Fsp3) is 0.364. The van der Waals surface area contributed by atoms with Gasteiger partial charge in [-0.3, -0.25) is 9.59 Å². The number of piperidine rings is 1. The Morgan fingerprint density at radius 3 is 2.35 bits per heavy atom. The van der Waals surface area contributed by atoms with E-state index in [2.05, 4.69) is 13.0 Å². The molecule has 1 saturated heterocycles. The van der Waals surface area contributed by atoms with Gasteiger partial charge in [-0.15, -0.1) is 0 Å². The molecule has 4 nitrogen and oxygen atoms in total. The van der Waals surface area contributed by atoms with Gasteiger partial charge in [0.15, 0.2) is 0 Å². The number of benzene rings is 2. The number of fused-ring (bicyclic) bond motifs is 1. The lowest BCUT2D eigenvalue weighted by Gasteiger charge is -2.31. The Hall–Kier alpha value is -2.62. The van der Waals surface area contributed by atoms with Crippen LogP contribution in [0.15, 0.2) is 48.5 Å². The number of carbonyl (C=O) groups excluding carboxylic acids is 2. The Morgan fingerprint density at radius 2 is 1.62 bits per heavy atom. The molecule has 0 bridgehead atoms. The highest BCUT2D eigenvalue weighted by molar-refractivity contribution is 6.07. The molecule has 2 aromatic rings. The van der Waals surface area contributed by atoms with Gasteiger partial charge in [-0.25, -0.2) is 0 Å². The molecule has 4 heteroatoms. The molecule has 1 atom stereocenters. The first-order valence-electron chi connectivity index (χ1n) is 9.42. The molecule has 2 heterocycles. The molecular weight excluding hydrogens is 324 g/mol. The predicted molar refractivity (Wildman–Crippen MR) is 103 cm³/mol. The molecule has 1 unspecified atom stereocenters. The van der Waals surface area contributed by atoms with Crippen molar-refractivity contribution in [2.45, 2.75) is 26.2 Å². The van der Waals surface area contributed by atoms with E-state index in [1.807, 2.05) is 28.0 Å². The lowest BCUT2D eigenvalue weighted by molar-refractivity contribution is 0.0682. The predicted octanol–water partition coefficient (Wildman–Crippen LogP) is 3.76. The normalized spacial score (nSPS) is 19.3. The number of rotatable bonds is 2. The summed E-state index contributed by atoms with van der Waals surface area (Å²) in [5.74, 6) is 0.631. The van der Waals surface area contributed by atoms with Gasteiger partial charge < -0.3 is 9.80 Å². The topological polar surface area (TPSA) is 40.6 Å². The molecule has 2 aliphatic rings. The van der Waals surface area contributed by atoms with Crippen LogP contribution in [0, 0.1) is 5.92 Å². The van der Waals surface area contributed by atoms with Crippen LogP contribution < -0.4 is 4.90 Å². The second kappa shape index (κ2) is 6.94. The molecule has 26 heavy (non-hydrogen) atoms. The fourth-order valence-electron chi connectivity index (χ4n) is 4.02. The zero-order valence-corrected chi connectivity index (χ0v) is 15.1. The van der Waals surface area contributed by atoms with Gasteiger partial charge in [0.25, 0.3) is 11.8 Å². The van der Waals surface area contributed by atoms with Crippen LogP contribution >= 0.6 is 0 Å². The molecule has 0 saturated carbocycles. The molecule has 0 N–H and O–H groups in total. The van der Waals surface area contributed by atoms with Crippen molar-refractivity contribution in [1.82, 2.24) is 4.90 Å². The van der Waals surface area contributed by atoms with E-state index in [0.717, 1.165) is 31.6 Å². The van der Waals surface area contributed by atoms with Gasteiger partial charge >= 0.3 is 0 Å². The van der Waals surface area contributed by atoms with Crippen molar-refractivity contribution in [3.05, 3.63) is 65.2 Å². The van der Waals surface area contributed by atoms with Crippen molar-refractivity contribution < 1.29 is 9.59 Å². The monoisotopic (exact) mass is 348 g/mol. The average Bonchev–Trinajstić information content (AvgIpc) is 3.11. The van der Waals surface area contributed by atoms with E-state index >= 15 is 0 Å². The standard InChI is InChI=1S/C22H24N2O2/c1-16-5-4-13-23(15-16)21(25)18-8-10-19(11-9-18)22(26)24-14-12-17-6-2-3-7-20(17)24/h2-3,6-11,16H,4-5,12-15H2,1H3. The van der Waals surface area contributed by atoms with Crippen LogP contribution in [0.1, 0.15) is 46.0 Å². The first-order valence-corrected chi connectivity index (χ1v) is 9.42. The number of carbonyl (C=O) groups is 2. The van der Waals surface area contributed by atoms with Crippen LogP contribution in [0.25, 0.3) is 0 Å². The second-order valence-corrected chi connectivity index (χ2v) is 7.41. The molecule has 2 aliphatic heterocycles. The summed E-state index contributed by atoms with van der Waals surface area (Å²) in [4.78, 5) is 29.3.